The first kappa shape index (κ1) is 10.8. The highest BCUT2D eigenvalue weighted by atomic mass is 16.5. The topological polar surface area (TPSA) is 81.2 Å². The minimum absolute atomic E-state index is 0.00735. The molecule has 5 nitrogen and oxygen atoms in total. The number of aromatic nitrogens is 1. The molecule has 2 heterocycles. The van der Waals surface area contributed by atoms with Gasteiger partial charge in [0.25, 0.3) is 0 Å². The first-order chi connectivity index (χ1) is 8.50. The summed E-state index contributed by atoms with van der Waals surface area (Å²) in [4.78, 5) is 11.9. The lowest BCUT2D eigenvalue weighted by molar-refractivity contribution is -0.119. The van der Waals surface area contributed by atoms with Crippen molar-refractivity contribution in [2.75, 3.05) is 11.1 Å². The van der Waals surface area contributed by atoms with Crippen molar-refractivity contribution in [2.24, 2.45) is 0 Å². The number of benzene rings is 1. The molecule has 1 aromatic heterocycles. The molecule has 0 spiro atoms. The Morgan fingerprint density at radius 3 is 2.83 bits per heavy atom. The Hall–Kier alpha value is -2.30. The third kappa shape index (κ3) is 1.33. The fourth-order valence-corrected chi connectivity index (χ4v) is 2.20. The van der Waals surface area contributed by atoms with Gasteiger partial charge < -0.3 is 15.6 Å². The van der Waals surface area contributed by atoms with Crippen LogP contribution in [-0.4, -0.2) is 11.1 Å². The van der Waals surface area contributed by atoms with Gasteiger partial charge in [-0.3, -0.25) is 4.79 Å². The van der Waals surface area contributed by atoms with Gasteiger partial charge in [-0.15, -0.1) is 0 Å². The van der Waals surface area contributed by atoms with Crippen molar-refractivity contribution in [1.82, 2.24) is 5.16 Å². The minimum Gasteiger partial charge on any atom is -0.367 e. The van der Waals surface area contributed by atoms with E-state index in [1.54, 1.807) is 6.20 Å². The van der Waals surface area contributed by atoms with Gasteiger partial charge in [0.05, 0.1) is 17.2 Å². The average Bonchev–Trinajstić information content (AvgIpc) is 2.83. The highest BCUT2D eigenvalue weighted by molar-refractivity contribution is 6.06. The summed E-state index contributed by atoms with van der Waals surface area (Å²) in [6, 6.07) is 5.73. The number of hydrogen-bond donors (Lipinski definition) is 2. The van der Waals surface area contributed by atoms with Crippen LogP contribution in [0.25, 0.3) is 11.1 Å². The first-order valence-corrected chi connectivity index (χ1v) is 5.66. The first-order valence-electron chi connectivity index (χ1n) is 5.66. The SMILES string of the molecule is CC1(C)C(=O)Nc2ccc(-c3cnoc3N)cc21. The number of fused-ring (bicyclic) bond motifs is 1. The molecule has 0 radical (unpaired) electrons. The van der Waals surface area contributed by atoms with Crippen LogP contribution in [0, 0.1) is 0 Å². The molecule has 1 aliphatic rings. The average molecular weight is 243 g/mol. The molecule has 1 aromatic carbocycles. The number of anilines is 2. The Labute approximate surface area is 104 Å². The third-order valence-corrected chi connectivity index (χ3v) is 3.42. The molecule has 5 heteroatoms. The van der Waals surface area contributed by atoms with Crippen LogP contribution in [0.2, 0.25) is 0 Å². The molecule has 0 unspecified atom stereocenters. The third-order valence-electron chi connectivity index (χ3n) is 3.42. The highest BCUT2D eigenvalue weighted by Crippen LogP contribution is 2.40. The van der Waals surface area contributed by atoms with E-state index in [4.69, 9.17) is 10.3 Å². The predicted octanol–water partition coefficient (Wildman–Crippen LogP) is 2.15. The Morgan fingerprint density at radius 1 is 1.39 bits per heavy atom. The lowest BCUT2D eigenvalue weighted by Gasteiger charge is -2.15. The quantitative estimate of drug-likeness (QED) is 0.804. The monoisotopic (exact) mass is 243 g/mol. The molecule has 0 aliphatic carbocycles. The summed E-state index contributed by atoms with van der Waals surface area (Å²) in [5.74, 6) is 0.290. The standard InChI is InChI=1S/C13H13N3O2/c1-13(2)9-5-7(8-6-15-18-11(8)14)3-4-10(9)16-12(13)17/h3-6H,14H2,1-2H3,(H,16,17). The summed E-state index contributed by atoms with van der Waals surface area (Å²) in [6.07, 6.45) is 1.58. The molecule has 0 saturated carbocycles. The predicted molar refractivity (Wildman–Crippen MR) is 68.0 cm³/mol. The second-order valence-electron chi connectivity index (χ2n) is 4.94. The van der Waals surface area contributed by atoms with E-state index in [2.05, 4.69) is 10.5 Å². The van der Waals surface area contributed by atoms with Crippen LogP contribution in [0.3, 0.4) is 0 Å². The second-order valence-corrected chi connectivity index (χ2v) is 4.94. The summed E-state index contributed by atoms with van der Waals surface area (Å²) in [6.45, 7) is 3.80. The Kier molecular flexibility index (Phi) is 2.02. The molecule has 1 aliphatic heterocycles. The number of carbonyl (C=O) groups excluding carboxylic acids is 1. The Balaban J connectivity index is 2.16. The summed E-state index contributed by atoms with van der Waals surface area (Å²) in [5, 5.41) is 6.53. The summed E-state index contributed by atoms with van der Waals surface area (Å²) in [5.41, 5.74) is 8.63. The number of nitrogens with zero attached hydrogens (tertiary/aromatic N) is 1. The van der Waals surface area contributed by atoms with Crippen molar-refractivity contribution in [1.29, 1.82) is 0 Å². The van der Waals surface area contributed by atoms with Gasteiger partial charge in [-0.1, -0.05) is 11.2 Å². The van der Waals surface area contributed by atoms with Gasteiger partial charge in [0.15, 0.2) is 0 Å². The minimum atomic E-state index is -0.530. The van der Waals surface area contributed by atoms with Gasteiger partial charge in [-0.25, -0.2) is 0 Å². The van der Waals surface area contributed by atoms with Crippen molar-refractivity contribution in [2.45, 2.75) is 19.3 Å². The van der Waals surface area contributed by atoms with E-state index in [1.807, 2.05) is 32.0 Å². The molecule has 1 amide bonds. The smallest absolute Gasteiger partial charge is 0.234 e. The zero-order chi connectivity index (χ0) is 12.9. The van der Waals surface area contributed by atoms with Gasteiger partial charge in [-0.05, 0) is 37.1 Å². The van der Waals surface area contributed by atoms with E-state index in [9.17, 15) is 4.79 Å². The van der Waals surface area contributed by atoms with Gasteiger partial charge in [0, 0.05) is 5.69 Å². The van der Waals surface area contributed by atoms with Gasteiger partial charge in [-0.2, -0.15) is 0 Å². The zero-order valence-electron chi connectivity index (χ0n) is 10.2. The number of amides is 1. The Bertz CT molecular complexity index is 643. The summed E-state index contributed by atoms with van der Waals surface area (Å²) < 4.78 is 4.86. The number of rotatable bonds is 1. The fraction of sp³-hybridized carbons (Fsp3) is 0.231. The lowest BCUT2D eigenvalue weighted by atomic mass is 9.85. The van der Waals surface area contributed by atoms with Crippen LogP contribution in [0.15, 0.2) is 28.9 Å². The number of hydrogen-bond acceptors (Lipinski definition) is 4. The van der Waals surface area contributed by atoms with Crippen molar-refractivity contribution in [3.8, 4) is 11.1 Å². The van der Waals surface area contributed by atoms with E-state index >= 15 is 0 Å². The molecule has 3 rings (SSSR count). The molecule has 0 atom stereocenters. The van der Waals surface area contributed by atoms with Crippen molar-refractivity contribution in [3.05, 3.63) is 30.0 Å². The molecule has 0 saturated heterocycles. The fourth-order valence-electron chi connectivity index (χ4n) is 2.20. The number of nitrogen functional groups attached to an aromatic ring is 1. The van der Waals surface area contributed by atoms with Gasteiger partial charge in [0.2, 0.25) is 11.8 Å². The van der Waals surface area contributed by atoms with Gasteiger partial charge in [0.1, 0.15) is 0 Å². The van der Waals surface area contributed by atoms with Crippen LogP contribution in [-0.2, 0) is 10.2 Å². The van der Waals surface area contributed by atoms with E-state index in [-0.39, 0.29) is 11.8 Å². The number of carbonyl (C=O) groups is 1. The molecule has 0 fully saturated rings. The summed E-state index contributed by atoms with van der Waals surface area (Å²) in [7, 11) is 0. The molecule has 2 aromatic rings. The highest BCUT2D eigenvalue weighted by Gasteiger charge is 2.38. The largest absolute Gasteiger partial charge is 0.367 e. The van der Waals surface area contributed by atoms with E-state index < -0.39 is 5.41 Å². The number of nitrogens with one attached hydrogen (secondary N) is 1. The Morgan fingerprint density at radius 2 is 2.17 bits per heavy atom. The van der Waals surface area contributed by atoms with Crippen LogP contribution in [0.5, 0.6) is 0 Å². The van der Waals surface area contributed by atoms with Crippen molar-refractivity contribution < 1.29 is 9.32 Å². The van der Waals surface area contributed by atoms with Crippen molar-refractivity contribution in [3.63, 3.8) is 0 Å². The summed E-state index contributed by atoms with van der Waals surface area (Å²) >= 11 is 0. The van der Waals surface area contributed by atoms with Gasteiger partial charge >= 0.3 is 0 Å². The maximum atomic E-state index is 11.9. The van der Waals surface area contributed by atoms with E-state index in [0.29, 0.717) is 0 Å². The molecule has 18 heavy (non-hydrogen) atoms. The zero-order valence-corrected chi connectivity index (χ0v) is 10.2. The molecule has 0 bridgehead atoms. The number of nitrogens with two attached hydrogens (primary N) is 1. The van der Waals surface area contributed by atoms with E-state index in [0.717, 1.165) is 22.4 Å². The molecular formula is C13H13N3O2. The van der Waals surface area contributed by atoms with Crippen LogP contribution in [0.1, 0.15) is 19.4 Å². The van der Waals surface area contributed by atoms with Crippen LogP contribution >= 0.6 is 0 Å². The maximum Gasteiger partial charge on any atom is 0.234 e. The van der Waals surface area contributed by atoms with Crippen molar-refractivity contribution >= 4 is 17.5 Å². The van der Waals surface area contributed by atoms with Crippen LogP contribution in [0.4, 0.5) is 11.6 Å². The molecule has 92 valence electrons. The molecule has 3 N–H and O–H groups in total. The second kappa shape index (κ2) is 3.35. The normalized spacial score (nSPS) is 16.4. The lowest BCUT2D eigenvalue weighted by Crippen LogP contribution is -2.26. The molecular weight excluding hydrogens is 230 g/mol. The van der Waals surface area contributed by atoms with Crippen LogP contribution < -0.4 is 11.1 Å². The van der Waals surface area contributed by atoms with E-state index in [1.165, 1.54) is 0 Å². The maximum absolute atomic E-state index is 11.9.